The van der Waals surface area contributed by atoms with E-state index in [2.05, 4.69) is 11.2 Å². The minimum atomic E-state index is -0.0502. The summed E-state index contributed by atoms with van der Waals surface area (Å²) in [6.45, 7) is 3.98. The summed E-state index contributed by atoms with van der Waals surface area (Å²) in [5, 5.41) is 2.93. The van der Waals surface area contributed by atoms with Gasteiger partial charge in [0, 0.05) is 18.0 Å². The number of terminal acetylenes is 1. The highest BCUT2D eigenvalue weighted by Gasteiger charge is 2.10. The number of rotatable bonds is 4. The SMILES string of the molecule is C#CCC(CC)NC(=O)c1cccc(C)c1. The Kier molecular flexibility index (Phi) is 4.60. The molecular formula is C14H17NO. The van der Waals surface area contributed by atoms with Crippen LogP contribution in [0.15, 0.2) is 24.3 Å². The standard InChI is InChI=1S/C14H17NO/c1-4-7-13(5-2)15-14(16)12-9-6-8-11(3)10-12/h1,6,8-10,13H,5,7H2,2-3H3,(H,15,16). The molecule has 0 radical (unpaired) electrons. The zero-order valence-corrected chi connectivity index (χ0v) is 9.79. The molecule has 0 aromatic heterocycles. The second-order valence-corrected chi connectivity index (χ2v) is 3.86. The van der Waals surface area contributed by atoms with Gasteiger partial charge in [0.15, 0.2) is 0 Å². The van der Waals surface area contributed by atoms with E-state index in [9.17, 15) is 4.79 Å². The van der Waals surface area contributed by atoms with Gasteiger partial charge in [-0.25, -0.2) is 0 Å². The Labute approximate surface area is 97.1 Å². The molecule has 0 bridgehead atoms. The van der Waals surface area contributed by atoms with Gasteiger partial charge >= 0.3 is 0 Å². The van der Waals surface area contributed by atoms with Crippen LogP contribution in [0.25, 0.3) is 0 Å². The normalized spacial score (nSPS) is 11.6. The van der Waals surface area contributed by atoms with Gasteiger partial charge < -0.3 is 5.32 Å². The Bertz CT molecular complexity index is 403. The molecule has 1 unspecified atom stereocenters. The highest BCUT2D eigenvalue weighted by Crippen LogP contribution is 2.05. The second-order valence-electron chi connectivity index (χ2n) is 3.86. The van der Waals surface area contributed by atoms with E-state index in [-0.39, 0.29) is 11.9 Å². The molecule has 84 valence electrons. The molecule has 0 aliphatic carbocycles. The molecule has 0 aliphatic rings. The Balaban J connectivity index is 2.68. The quantitative estimate of drug-likeness (QED) is 0.768. The van der Waals surface area contributed by atoms with Crippen molar-refractivity contribution in [3.63, 3.8) is 0 Å². The van der Waals surface area contributed by atoms with Crippen molar-refractivity contribution in [3.8, 4) is 12.3 Å². The Hall–Kier alpha value is -1.75. The molecule has 1 aromatic rings. The summed E-state index contributed by atoms with van der Waals surface area (Å²) < 4.78 is 0. The van der Waals surface area contributed by atoms with E-state index in [0.717, 1.165) is 12.0 Å². The van der Waals surface area contributed by atoms with E-state index in [4.69, 9.17) is 6.42 Å². The summed E-state index contributed by atoms with van der Waals surface area (Å²) in [5.41, 5.74) is 1.77. The second kappa shape index (κ2) is 5.97. The summed E-state index contributed by atoms with van der Waals surface area (Å²) in [5.74, 6) is 2.52. The van der Waals surface area contributed by atoms with E-state index >= 15 is 0 Å². The van der Waals surface area contributed by atoms with Crippen LogP contribution in [-0.4, -0.2) is 11.9 Å². The monoisotopic (exact) mass is 215 g/mol. The van der Waals surface area contributed by atoms with Crippen molar-refractivity contribution in [2.75, 3.05) is 0 Å². The third-order valence-corrected chi connectivity index (χ3v) is 2.47. The summed E-state index contributed by atoms with van der Waals surface area (Å²) in [6.07, 6.45) is 6.67. The largest absolute Gasteiger partial charge is 0.348 e. The summed E-state index contributed by atoms with van der Waals surface area (Å²) in [6, 6.07) is 7.60. The van der Waals surface area contributed by atoms with Crippen molar-refractivity contribution in [3.05, 3.63) is 35.4 Å². The number of benzene rings is 1. The number of nitrogens with one attached hydrogen (secondary N) is 1. The molecule has 0 aliphatic heterocycles. The highest BCUT2D eigenvalue weighted by atomic mass is 16.1. The molecule has 1 N–H and O–H groups in total. The first-order valence-electron chi connectivity index (χ1n) is 5.48. The third-order valence-electron chi connectivity index (χ3n) is 2.47. The molecule has 0 saturated heterocycles. The van der Waals surface area contributed by atoms with Crippen LogP contribution in [0.3, 0.4) is 0 Å². The van der Waals surface area contributed by atoms with E-state index in [1.54, 1.807) is 0 Å². The molecule has 0 saturated carbocycles. The maximum absolute atomic E-state index is 11.9. The predicted octanol–water partition coefficient (Wildman–Crippen LogP) is 2.53. The lowest BCUT2D eigenvalue weighted by atomic mass is 10.1. The van der Waals surface area contributed by atoms with Gasteiger partial charge in [-0.15, -0.1) is 12.3 Å². The fourth-order valence-electron chi connectivity index (χ4n) is 1.49. The molecule has 1 aromatic carbocycles. The lowest BCUT2D eigenvalue weighted by Crippen LogP contribution is -2.34. The molecule has 2 heteroatoms. The average Bonchev–Trinajstić information content (AvgIpc) is 2.28. The topological polar surface area (TPSA) is 29.1 Å². The Morgan fingerprint density at radius 2 is 2.31 bits per heavy atom. The van der Waals surface area contributed by atoms with Gasteiger partial charge in [0.2, 0.25) is 0 Å². The van der Waals surface area contributed by atoms with Gasteiger partial charge in [-0.05, 0) is 25.5 Å². The summed E-state index contributed by atoms with van der Waals surface area (Å²) in [7, 11) is 0. The van der Waals surface area contributed by atoms with Gasteiger partial charge in [0.1, 0.15) is 0 Å². The first-order valence-corrected chi connectivity index (χ1v) is 5.48. The zero-order chi connectivity index (χ0) is 12.0. The number of aryl methyl sites for hydroxylation is 1. The fraction of sp³-hybridized carbons (Fsp3) is 0.357. The molecule has 1 amide bonds. The van der Waals surface area contributed by atoms with Gasteiger partial charge in [0.25, 0.3) is 5.91 Å². The average molecular weight is 215 g/mol. The lowest BCUT2D eigenvalue weighted by Gasteiger charge is -2.14. The van der Waals surface area contributed by atoms with Crippen molar-refractivity contribution >= 4 is 5.91 Å². The van der Waals surface area contributed by atoms with Crippen LogP contribution in [0.5, 0.6) is 0 Å². The lowest BCUT2D eigenvalue weighted by molar-refractivity contribution is 0.0936. The Morgan fingerprint density at radius 3 is 2.88 bits per heavy atom. The fourth-order valence-corrected chi connectivity index (χ4v) is 1.49. The zero-order valence-electron chi connectivity index (χ0n) is 9.79. The van der Waals surface area contributed by atoms with E-state index < -0.39 is 0 Å². The highest BCUT2D eigenvalue weighted by molar-refractivity contribution is 5.94. The van der Waals surface area contributed by atoms with Crippen LogP contribution < -0.4 is 5.32 Å². The van der Waals surface area contributed by atoms with Gasteiger partial charge in [-0.2, -0.15) is 0 Å². The number of amides is 1. The first-order chi connectivity index (χ1) is 7.67. The molecule has 1 rings (SSSR count). The van der Waals surface area contributed by atoms with Crippen molar-refractivity contribution in [1.82, 2.24) is 5.32 Å². The van der Waals surface area contributed by atoms with E-state index in [1.807, 2.05) is 38.1 Å². The van der Waals surface area contributed by atoms with Gasteiger partial charge in [-0.1, -0.05) is 24.6 Å². The van der Waals surface area contributed by atoms with Gasteiger partial charge in [0.05, 0.1) is 0 Å². The molecule has 0 heterocycles. The Morgan fingerprint density at radius 1 is 1.56 bits per heavy atom. The molecule has 1 atom stereocenters. The third kappa shape index (κ3) is 3.43. The number of hydrogen-bond donors (Lipinski definition) is 1. The molecule has 0 spiro atoms. The van der Waals surface area contributed by atoms with Crippen molar-refractivity contribution in [2.45, 2.75) is 32.7 Å². The number of carbonyl (C=O) groups is 1. The smallest absolute Gasteiger partial charge is 0.251 e. The van der Waals surface area contributed by atoms with Crippen LogP contribution in [0.4, 0.5) is 0 Å². The maximum atomic E-state index is 11.9. The minimum absolute atomic E-state index is 0.0502. The van der Waals surface area contributed by atoms with Crippen LogP contribution in [-0.2, 0) is 0 Å². The first kappa shape index (κ1) is 12.3. The van der Waals surface area contributed by atoms with Crippen LogP contribution in [0.1, 0.15) is 35.7 Å². The van der Waals surface area contributed by atoms with Crippen LogP contribution >= 0.6 is 0 Å². The van der Waals surface area contributed by atoms with Crippen molar-refractivity contribution in [2.24, 2.45) is 0 Å². The van der Waals surface area contributed by atoms with Crippen molar-refractivity contribution < 1.29 is 4.79 Å². The molecule has 16 heavy (non-hydrogen) atoms. The molecule has 0 fully saturated rings. The molecular weight excluding hydrogens is 198 g/mol. The van der Waals surface area contributed by atoms with Crippen LogP contribution in [0.2, 0.25) is 0 Å². The maximum Gasteiger partial charge on any atom is 0.251 e. The number of hydrogen-bond acceptors (Lipinski definition) is 1. The van der Waals surface area contributed by atoms with E-state index in [0.29, 0.717) is 12.0 Å². The van der Waals surface area contributed by atoms with E-state index in [1.165, 1.54) is 0 Å². The van der Waals surface area contributed by atoms with Gasteiger partial charge in [-0.3, -0.25) is 4.79 Å². The number of carbonyl (C=O) groups excluding carboxylic acids is 1. The molecule has 2 nitrogen and oxygen atoms in total. The van der Waals surface area contributed by atoms with Crippen LogP contribution in [0, 0.1) is 19.3 Å². The summed E-state index contributed by atoms with van der Waals surface area (Å²) in [4.78, 5) is 11.9. The minimum Gasteiger partial charge on any atom is -0.348 e. The van der Waals surface area contributed by atoms with Crippen molar-refractivity contribution in [1.29, 1.82) is 0 Å². The predicted molar refractivity (Wildman–Crippen MR) is 66.2 cm³/mol. The summed E-state index contributed by atoms with van der Waals surface area (Å²) >= 11 is 0.